The number of hydrogen-bond acceptors (Lipinski definition) is 6. The van der Waals surface area contributed by atoms with E-state index in [1.165, 1.54) is 0 Å². The van der Waals surface area contributed by atoms with Crippen LogP contribution in [0.4, 0.5) is 0 Å². The Bertz CT molecular complexity index is 1030. The van der Waals surface area contributed by atoms with Crippen molar-refractivity contribution >= 4 is 5.91 Å². The van der Waals surface area contributed by atoms with Crippen molar-refractivity contribution in [2.24, 2.45) is 0 Å². The van der Waals surface area contributed by atoms with Crippen LogP contribution in [0.2, 0.25) is 0 Å². The first-order valence-corrected chi connectivity index (χ1v) is 10.5. The molecule has 2 heterocycles. The molecule has 0 spiro atoms. The summed E-state index contributed by atoms with van der Waals surface area (Å²) in [6.45, 7) is 9.54. The van der Waals surface area contributed by atoms with Crippen LogP contribution in [0.5, 0.6) is 5.75 Å². The number of para-hydroxylation sites is 1. The molecule has 0 unspecified atom stereocenters. The van der Waals surface area contributed by atoms with Gasteiger partial charge in [-0.25, -0.2) is 14.6 Å². The highest BCUT2D eigenvalue weighted by Gasteiger charge is 2.20. The molecule has 164 valence electrons. The number of carbonyl (C=O) groups is 1. The number of likely N-dealkylation sites (N-methyl/N-ethyl adjacent to an activating group) is 2. The van der Waals surface area contributed by atoms with Crippen LogP contribution in [-0.4, -0.2) is 75.8 Å². The fraction of sp³-hybridized carbons (Fsp3) is 0.391. The van der Waals surface area contributed by atoms with Gasteiger partial charge in [-0.3, -0.25) is 4.79 Å². The van der Waals surface area contributed by atoms with Crippen molar-refractivity contribution in [3.8, 4) is 23.0 Å². The minimum absolute atomic E-state index is 0.0585. The molecule has 31 heavy (non-hydrogen) atoms. The first-order chi connectivity index (χ1) is 15.0. The molecule has 0 aliphatic carbocycles. The van der Waals surface area contributed by atoms with Gasteiger partial charge >= 0.3 is 0 Å². The molecule has 8 heteroatoms. The zero-order valence-corrected chi connectivity index (χ0v) is 18.9. The molecule has 8 nitrogen and oxygen atoms in total. The summed E-state index contributed by atoms with van der Waals surface area (Å²) < 4.78 is 7.05. The Morgan fingerprint density at radius 1 is 1.13 bits per heavy atom. The van der Waals surface area contributed by atoms with E-state index in [9.17, 15) is 4.79 Å². The second kappa shape index (κ2) is 10.2. The van der Waals surface area contributed by atoms with Gasteiger partial charge in [-0.15, -0.1) is 0 Å². The molecule has 3 aromatic rings. The van der Waals surface area contributed by atoms with Crippen molar-refractivity contribution in [1.29, 1.82) is 0 Å². The van der Waals surface area contributed by atoms with Crippen molar-refractivity contribution in [1.82, 2.24) is 29.5 Å². The Labute approximate surface area is 183 Å². The lowest BCUT2D eigenvalue weighted by Gasteiger charge is -2.23. The molecule has 1 amide bonds. The van der Waals surface area contributed by atoms with E-state index in [2.05, 4.69) is 33.8 Å². The third kappa shape index (κ3) is 4.91. The fourth-order valence-corrected chi connectivity index (χ4v) is 3.42. The van der Waals surface area contributed by atoms with E-state index in [0.29, 0.717) is 23.8 Å². The topological polar surface area (TPSA) is 76.4 Å². The van der Waals surface area contributed by atoms with Gasteiger partial charge < -0.3 is 14.5 Å². The molecule has 1 aromatic carbocycles. The van der Waals surface area contributed by atoms with Crippen LogP contribution < -0.4 is 4.74 Å². The number of amides is 1. The third-order valence-electron chi connectivity index (χ3n) is 5.45. The maximum Gasteiger partial charge on any atom is 0.257 e. The quantitative estimate of drug-likeness (QED) is 0.528. The van der Waals surface area contributed by atoms with Gasteiger partial charge in [-0.1, -0.05) is 26.0 Å². The molecule has 0 radical (unpaired) electrons. The molecular weight excluding hydrogens is 392 g/mol. The summed E-state index contributed by atoms with van der Waals surface area (Å²) in [5.41, 5.74) is 2.85. The molecule has 3 rings (SSSR count). The Morgan fingerprint density at radius 2 is 1.87 bits per heavy atom. The molecule has 0 saturated carbocycles. The summed E-state index contributed by atoms with van der Waals surface area (Å²) in [6.07, 6.45) is 3.27. The van der Waals surface area contributed by atoms with Crippen molar-refractivity contribution in [2.75, 3.05) is 40.3 Å². The van der Waals surface area contributed by atoms with E-state index in [1.807, 2.05) is 44.3 Å². The Balaban J connectivity index is 1.84. The lowest BCUT2D eigenvalue weighted by molar-refractivity contribution is 0.0779. The van der Waals surface area contributed by atoms with Gasteiger partial charge in [0.2, 0.25) is 0 Å². The minimum atomic E-state index is -0.0585. The number of hydrogen-bond donors (Lipinski definition) is 0. The van der Waals surface area contributed by atoms with E-state index in [-0.39, 0.29) is 5.91 Å². The third-order valence-corrected chi connectivity index (χ3v) is 5.45. The molecule has 0 atom stereocenters. The fourth-order valence-electron chi connectivity index (χ4n) is 3.42. The van der Waals surface area contributed by atoms with Gasteiger partial charge in [0.05, 0.1) is 30.3 Å². The molecule has 0 fully saturated rings. The molecule has 0 aliphatic rings. The normalized spacial score (nSPS) is 11.0. The van der Waals surface area contributed by atoms with Crippen LogP contribution in [0.3, 0.4) is 0 Å². The number of carbonyl (C=O) groups excluding carboxylic acids is 1. The highest BCUT2D eigenvalue weighted by atomic mass is 16.5. The van der Waals surface area contributed by atoms with Gasteiger partial charge in [0, 0.05) is 31.9 Å². The molecule has 0 bridgehead atoms. The lowest BCUT2D eigenvalue weighted by Crippen LogP contribution is -2.36. The van der Waals surface area contributed by atoms with E-state index in [0.717, 1.165) is 36.6 Å². The highest BCUT2D eigenvalue weighted by molar-refractivity contribution is 5.95. The zero-order chi connectivity index (χ0) is 22.4. The van der Waals surface area contributed by atoms with Crippen molar-refractivity contribution in [3.63, 3.8) is 0 Å². The van der Waals surface area contributed by atoms with Crippen molar-refractivity contribution in [2.45, 2.75) is 20.8 Å². The zero-order valence-electron chi connectivity index (χ0n) is 18.9. The predicted octanol–water partition coefficient (Wildman–Crippen LogP) is 3.06. The van der Waals surface area contributed by atoms with E-state index >= 15 is 0 Å². The first kappa shape index (κ1) is 22.4. The van der Waals surface area contributed by atoms with Crippen LogP contribution in [0.25, 0.3) is 17.2 Å². The lowest BCUT2D eigenvalue weighted by atomic mass is 10.1. The largest absolute Gasteiger partial charge is 0.496 e. The summed E-state index contributed by atoms with van der Waals surface area (Å²) in [5.74, 6) is 1.08. The Hall–Kier alpha value is -3.26. The van der Waals surface area contributed by atoms with Gasteiger partial charge in [-0.05, 0) is 38.2 Å². The van der Waals surface area contributed by atoms with Gasteiger partial charge in [0.1, 0.15) is 5.75 Å². The second-order valence-electron chi connectivity index (χ2n) is 7.25. The SMILES string of the molecule is CCN(CC)CCN(C)C(=O)c1cnn(-c2nccc(-c3ccccc3OC)n2)c1C. The van der Waals surface area contributed by atoms with Crippen molar-refractivity contribution in [3.05, 3.63) is 54.0 Å². The van der Waals surface area contributed by atoms with Crippen LogP contribution in [-0.2, 0) is 0 Å². The van der Waals surface area contributed by atoms with E-state index in [1.54, 1.807) is 29.1 Å². The summed E-state index contributed by atoms with van der Waals surface area (Å²) in [6, 6.07) is 9.51. The Kier molecular flexibility index (Phi) is 7.36. The maximum atomic E-state index is 13.0. The maximum absolute atomic E-state index is 13.0. The van der Waals surface area contributed by atoms with Crippen LogP contribution in [0.1, 0.15) is 29.9 Å². The number of rotatable bonds is 9. The summed E-state index contributed by atoms with van der Waals surface area (Å²) >= 11 is 0. The van der Waals surface area contributed by atoms with Gasteiger partial charge in [0.25, 0.3) is 11.9 Å². The molecular formula is C23H30N6O2. The average molecular weight is 423 g/mol. The molecule has 0 N–H and O–H groups in total. The van der Waals surface area contributed by atoms with Crippen LogP contribution in [0, 0.1) is 6.92 Å². The highest BCUT2D eigenvalue weighted by Crippen LogP contribution is 2.28. The minimum Gasteiger partial charge on any atom is -0.496 e. The van der Waals surface area contributed by atoms with Gasteiger partial charge in [-0.2, -0.15) is 5.10 Å². The van der Waals surface area contributed by atoms with E-state index < -0.39 is 0 Å². The van der Waals surface area contributed by atoms with Crippen molar-refractivity contribution < 1.29 is 9.53 Å². The number of nitrogens with zero attached hydrogens (tertiary/aromatic N) is 6. The first-order valence-electron chi connectivity index (χ1n) is 10.5. The predicted molar refractivity (Wildman–Crippen MR) is 121 cm³/mol. The molecule has 0 saturated heterocycles. The number of benzene rings is 1. The number of aromatic nitrogens is 4. The standard InChI is InChI=1S/C23H30N6O2/c1-6-28(7-2)15-14-27(4)22(30)19-16-25-29(17(19)3)23-24-13-12-20(26-23)18-10-8-9-11-21(18)31-5/h8-13,16H,6-7,14-15H2,1-5H3. The summed E-state index contributed by atoms with van der Waals surface area (Å²) in [7, 11) is 3.45. The Morgan fingerprint density at radius 3 is 2.58 bits per heavy atom. The molecule has 2 aromatic heterocycles. The average Bonchev–Trinajstić information content (AvgIpc) is 3.20. The van der Waals surface area contributed by atoms with E-state index in [4.69, 9.17) is 4.74 Å². The van der Waals surface area contributed by atoms with Gasteiger partial charge in [0.15, 0.2) is 0 Å². The van der Waals surface area contributed by atoms with Crippen LogP contribution >= 0.6 is 0 Å². The number of methoxy groups -OCH3 is 1. The summed E-state index contributed by atoms with van der Waals surface area (Å²) in [5, 5.41) is 4.40. The monoisotopic (exact) mass is 422 g/mol. The number of ether oxygens (including phenoxy) is 1. The smallest absolute Gasteiger partial charge is 0.257 e. The second-order valence-corrected chi connectivity index (χ2v) is 7.25. The van der Waals surface area contributed by atoms with Crippen LogP contribution in [0.15, 0.2) is 42.7 Å². The summed E-state index contributed by atoms with van der Waals surface area (Å²) in [4.78, 5) is 26.0. The molecule has 0 aliphatic heterocycles.